The third-order valence-electron chi connectivity index (χ3n) is 5.73. The second-order valence-corrected chi connectivity index (χ2v) is 7.29. The van der Waals surface area contributed by atoms with E-state index in [2.05, 4.69) is 6.92 Å². The van der Waals surface area contributed by atoms with Gasteiger partial charge in [0, 0.05) is 29.6 Å². The summed E-state index contributed by atoms with van der Waals surface area (Å²) in [6.45, 7) is 2.97. The number of carbonyl (C=O) groups is 1. The Labute approximate surface area is 152 Å². The highest BCUT2D eigenvalue weighted by atomic mass is 16.5. The van der Waals surface area contributed by atoms with Gasteiger partial charge in [-0.15, -0.1) is 0 Å². The first-order valence-corrected chi connectivity index (χ1v) is 9.68. The monoisotopic (exact) mass is 355 g/mol. The predicted molar refractivity (Wildman–Crippen MR) is 99.6 cm³/mol. The number of ether oxygens (including phenoxy) is 1. The first-order valence-electron chi connectivity index (χ1n) is 9.68. The van der Waals surface area contributed by atoms with E-state index in [-0.39, 0.29) is 18.1 Å². The van der Waals surface area contributed by atoms with Gasteiger partial charge in [-0.1, -0.05) is 6.92 Å². The van der Waals surface area contributed by atoms with Crippen molar-refractivity contribution >= 4 is 16.9 Å². The number of aryl methyl sites for hydroxylation is 1. The van der Waals surface area contributed by atoms with Crippen molar-refractivity contribution in [1.82, 2.24) is 4.90 Å². The van der Waals surface area contributed by atoms with E-state index in [1.54, 1.807) is 6.07 Å². The molecule has 0 unspecified atom stereocenters. The molecule has 2 aliphatic rings. The molecule has 0 N–H and O–H groups in total. The van der Waals surface area contributed by atoms with E-state index in [0.29, 0.717) is 17.4 Å². The molecule has 138 valence electrons. The van der Waals surface area contributed by atoms with Crippen LogP contribution in [0.2, 0.25) is 0 Å². The molecule has 1 aromatic heterocycles. The number of amides is 1. The van der Waals surface area contributed by atoms with Crippen molar-refractivity contribution in [3.63, 3.8) is 0 Å². The van der Waals surface area contributed by atoms with Gasteiger partial charge in [0.05, 0.1) is 0 Å². The summed E-state index contributed by atoms with van der Waals surface area (Å²) in [5.74, 6) is 0.601. The number of carbonyl (C=O) groups excluding carboxylic acids is 1. The predicted octanol–water partition coefficient (Wildman–Crippen LogP) is 3.45. The first kappa shape index (κ1) is 17.1. The van der Waals surface area contributed by atoms with Gasteiger partial charge in [0.15, 0.2) is 6.61 Å². The normalized spacial score (nSPS) is 19.6. The number of piperidine rings is 1. The Morgan fingerprint density at radius 1 is 1.23 bits per heavy atom. The van der Waals surface area contributed by atoms with Gasteiger partial charge in [-0.3, -0.25) is 4.79 Å². The molecule has 1 atom stereocenters. The van der Waals surface area contributed by atoms with Crippen LogP contribution in [0, 0.1) is 0 Å². The zero-order valence-corrected chi connectivity index (χ0v) is 15.3. The van der Waals surface area contributed by atoms with Crippen molar-refractivity contribution in [2.75, 3.05) is 13.2 Å². The quantitative estimate of drug-likeness (QED) is 0.788. The highest BCUT2D eigenvalue weighted by Gasteiger charge is 2.25. The largest absolute Gasteiger partial charge is 0.484 e. The number of rotatable bonds is 4. The highest BCUT2D eigenvalue weighted by molar-refractivity contribution is 5.83. The average Bonchev–Trinajstić information content (AvgIpc) is 3.16. The van der Waals surface area contributed by atoms with E-state index >= 15 is 0 Å². The van der Waals surface area contributed by atoms with Crippen LogP contribution in [0.1, 0.15) is 50.2 Å². The second kappa shape index (κ2) is 7.14. The minimum absolute atomic E-state index is 0.0250. The molecule has 26 heavy (non-hydrogen) atoms. The van der Waals surface area contributed by atoms with E-state index < -0.39 is 0 Å². The van der Waals surface area contributed by atoms with Crippen LogP contribution in [0.15, 0.2) is 27.4 Å². The third-order valence-corrected chi connectivity index (χ3v) is 5.73. The average molecular weight is 355 g/mol. The first-order chi connectivity index (χ1) is 12.7. The van der Waals surface area contributed by atoms with Crippen molar-refractivity contribution in [1.29, 1.82) is 0 Å². The van der Waals surface area contributed by atoms with E-state index in [0.717, 1.165) is 61.6 Å². The maximum absolute atomic E-state index is 12.5. The third kappa shape index (κ3) is 3.11. The van der Waals surface area contributed by atoms with Crippen LogP contribution in [-0.4, -0.2) is 30.0 Å². The van der Waals surface area contributed by atoms with Crippen LogP contribution in [0.4, 0.5) is 0 Å². The number of fused-ring (bicyclic) bond motifs is 3. The lowest BCUT2D eigenvalue weighted by molar-refractivity contribution is -0.137. The van der Waals surface area contributed by atoms with E-state index in [1.807, 2.05) is 17.0 Å². The zero-order valence-electron chi connectivity index (χ0n) is 15.3. The van der Waals surface area contributed by atoms with Gasteiger partial charge in [0.2, 0.25) is 0 Å². The molecule has 0 bridgehead atoms. The number of likely N-dealkylation sites (tertiary alicyclic amines) is 1. The maximum atomic E-state index is 12.5. The molecule has 1 aliphatic heterocycles. The summed E-state index contributed by atoms with van der Waals surface area (Å²) >= 11 is 0. The number of hydrogen-bond acceptors (Lipinski definition) is 4. The van der Waals surface area contributed by atoms with Gasteiger partial charge in [0.1, 0.15) is 11.3 Å². The minimum Gasteiger partial charge on any atom is -0.484 e. The van der Waals surface area contributed by atoms with Crippen LogP contribution >= 0.6 is 0 Å². The summed E-state index contributed by atoms with van der Waals surface area (Å²) in [6, 6.07) is 5.87. The van der Waals surface area contributed by atoms with E-state index in [1.165, 1.54) is 6.42 Å². The molecule has 4 rings (SSSR count). The molecule has 1 amide bonds. The number of benzene rings is 1. The van der Waals surface area contributed by atoms with Gasteiger partial charge in [-0.2, -0.15) is 0 Å². The van der Waals surface area contributed by atoms with E-state index in [4.69, 9.17) is 9.15 Å². The Morgan fingerprint density at radius 2 is 2.08 bits per heavy atom. The summed E-state index contributed by atoms with van der Waals surface area (Å²) in [7, 11) is 0. The molecule has 5 nitrogen and oxygen atoms in total. The van der Waals surface area contributed by atoms with Crippen LogP contribution < -0.4 is 10.4 Å². The molecule has 1 fully saturated rings. The van der Waals surface area contributed by atoms with Gasteiger partial charge < -0.3 is 14.1 Å². The second-order valence-electron chi connectivity index (χ2n) is 7.29. The number of hydrogen-bond donors (Lipinski definition) is 0. The molecule has 1 aliphatic carbocycles. The SMILES string of the molecule is CC[C@@H]1CCCCN1C(=O)COc1ccc2c3c(c(=O)oc2c1)CCC3. The van der Waals surface area contributed by atoms with Gasteiger partial charge in [-0.05, 0) is 62.6 Å². The molecule has 1 saturated heterocycles. The van der Waals surface area contributed by atoms with Crippen LogP contribution in [0.3, 0.4) is 0 Å². The lowest BCUT2D eigenvalue weighted by Gasteiger charge is -2.35. The molecule has 2 aromatic rings. The molecular formula is C21H25NO4. The Morgan fingerprint density at radius 3 is 2.92 bits per heavy atom. The lowest BCUT2D eigenvalue weighted by Crippen LogP contribution is -2.45. The molecule has 1 aromatic carbocycles. The van der Waals surface area contributed by atoms with Crippen molar-refractivity contribution in [3.8, 4) is 5.75 Å². The molecule has 0 spiro atoms. The Balaban J connectivity index is 1.50. The van der Waals surface area contributed by atoms with E-state index in [9.17, 15) is 9.59 Å². The van der Waals surface area contributed by atoms with Crippen molar-refractivity contribution in [2.45, 2.75) is 57.9 Å². The molecular weight excluding hydrogens is 330 g/mol. The summed E-state index contributed by atoms with van der Waals surface area (Å²) in [4.78, 5) is 26.6. The Kier molecular flexibility index (Phi) is 4.70. The standard InChI is InChI=1S/C21H25NO4/c1-2-14-6-3-4-11-22(14)20(23)13-25-15-9-10-17-16-7-5-8-18(16)21(24)26-19(17)12-15/h9-10,12,14H,2-8,11,13H2,1H3/t14-/m1/s1. The smallest absolute Gasteiger partial charge is 0.339 e. The van der Waals surface area contributed by atoms with Gasteiger partial charge in [0.25, 0.3) is 5.91 Å². The summed E-state index contributed by atoms with van der Waals surface area (Å²) in [5, 5.41) is 0.984. The van der Waals surface area contributed by atoms with Gasteiger partial charge in [-0.25, -0.2) is 4.79 Å². The Bertz CT molecular complexity index is 885. The number of nitrogens with zero attached hydrogens (tertiary/aromatic N) is 1. The Hall–Kier alpha value is -2.30. The highest BCUT2D eigenvalue weighted by Crippen LogP contribution is 2.29. The summed E-state index contributed by atoms with van der Waals surface area (Å²) in [6.07, 6.45) is 7.04. The maximum Gasteiger partial charge on any atom is 0.339 e. The summed E-state index contributed by atoms with van der Waals surface area (Å²) in [5.41, 5.74) is 2.23. The van der Waals surface area contributed by atoms with Crippen LogP contribution in [0.25, 0.3) is 11.0 Å². The minimum atomic E-state index is -0.239. The van der Waals surface area contributed by atoms with Crippen LogP contribution in [0.5, 0.6) is 5.75 Å². The molecule has 0 saturated carbocycles. The molecule has 2 heterocycles. The summed E-state index contributed by atoms with van der Waals surface area (Å²) < 4.78 is 11.2. The molecule has 0 radical (unpaired) electrons. The fraction of sp³-hybridized carbons (Fsp3) is 0.524. The lowest BCUT2D eigenvalue weighted by atomic mass is 10.00. The fourth-order valence-corrected chi connectivity index (χ4v) is 4.34. The molecule has 5 heteroatoms. The van der Waals surface area contributed by atoms with Crippen molar-refractivity contribution < 1.29 is 13.9 Å². The fourth-order valence-electron chi connectivity index (χ4n) is 4.34. The zero-order chi connectivity index (χ0) is 18.1. The van der Waals surface area contributed by atoms with Gasteiger partial charge >= 0.3 is 5.63 Å². The van der Waals surface area contributed by atoms with Crippen LogP contribution in [-0.2, 0) is 17.6 Å². The topological polar surface area (TPSA) is 59.8 Å². The van der Waals surface area contributed by atoms with Crippen molar-refractivity contribution in [2.24, 2.45) is 0 Å². The van der Waals surface area contributed by atoms with Crippen molar-refractivity contribution in [3.05, 3.63) is 39.7 Å².